The molecule has 1 aromatic carbocycles. The van der Waals surface area contributed by atoms with Gasteiger partial charge in [0.15, 0.2) is 5.65 Å². The van der Waals surface area contributed by atoms with Crippen molar-refractivity contribution in [1.82, 2.24) is 24.5 Å². The van der Waals surface area contributed by atoms with Crippen molar-refractivity contribution in [2.75, 3.05) is 31.2 Å². The number of aromatic nitrogens is 5. The van der Waals surface area contributed by atoms with E-state index in [-0.39, 0.29) is 6.04 Å². The van der Waals surface area contributed by atoms with E-state index in [1.165, 1.54) is 5.56 Å². The Morgan fingerprint density at radius 1 is 0.900 bits per heavy atom. The third kappa shape index (κ3) is 2.93. The number of nitrogens with zero attached hydrogens (tertiary/aromatic N) is 6. The highest BCUT2D eigenvalue weighted by Gasteiger charge is 2.28. The van der Waals surface area contributed by atoms with E-state index in [4.69, 9.17) is 14.7 Å². The Bertz CT molecular complexity index is 1180. The van der Waals surface area contributed by atoms with Gasteiger partial charge in [0.25, 0.3) is 0 Å². The molecule has 7 nitrogen and oxygen atoms in total. The second-order valence-corrected chi connectivity index (χ2v) is 7.77. The predicted octanol–water partition coefficient (Wildman–Crippen LogP) is 3.26. The Morgan fingerprint density at radius 2 is 1.70 bits per heavy atom. The summed E-state index contributed by atoms with van der Waals surface area (Å²) in [4.78, 5) is 21.1. The summed E-state index contributed by atoms with van der Waals surface area (Å²) in [5, 5.41) is 0. The number of morpholine rings is 1. The molecule has 0 N–H and O–H groups in total. The van der Waals surface area contributed by atoms with Gasteiger partial charge in [0.2, 0.25) is 5.95 Å². The number of anilines is 1. The summed E-state index contributed by atoms with van der Waals surface area (Å²) >= 11 is 0. The zero-order valence-electron chi connectivity index (χ0n) is 16.6. The lowest BCUT2D eigenvalue weighted by atomic mass is 10.0. The summed E-state index contributed by atoms with van der Waals surface area (Å²) in [7, 11) is 0. The van der Waals surface area contributed by atoms with Crippen LogP contribution in [0.25, 0.3) is 22.4 Å². The summed E-state index contributed by atoms with van der Waals surface area (Å²) < 4.78 is 7.71. The monoisotopic (exact) mass is 398 g/mol. The first-order valence-electron chi connectivity index (χ1n) is 10.4. The molecule has 0 spiro atoms. The number of fused-ring (bicyclic) bond motifs is 3. The van der Waals surface area contributed by atoms with Crippen LogP contribution < -0.4 is 4.90 Å². The van der Waals surface area contributed by atoms with Crippen LogP contribution in [0.1, 0.15) is 23.9 Å². The second kappa shape index (κ2) is 7.18. The topological polar surface area (TPSA) is 69.0 Å². The van der Waals surface area contributed by atoms with Gasteiger partial charge in [0, 0.05) is 37.5 Å². The average molecular weight is 398 g/mol. The number of rotatable bonds is 3. The molecule has 7 heteroatoms. The molecular formula is C23H22N6O. The standard InChI is InChI=1S/C23H22N6O/c1-2-4-16(5-3-1)20-8-9-21-26-19-7-6-18(27-22(19)29(20)21)17-14-24-23(25-15-17)28-10-12-30-13-11-28/h1-7,14-15,20H,8-13H2. The quantitative estimate of drug-likeness (QED) is 0.528. The molecule has 6 rings (SSSR count). The van der Waals surface area contributed by atoms with E-state index in [0.717, 1.165) is 73.3 Å². The average Bonchev–Trinajstić information content (AvgIpc) is 3.39. The van der Waals surface area contributed by atoms with Crippen LogP contribution in [0.15, 0.2) is 54.9 Å². The molecule has 0 saturated carbocycles. The Hall–Kier alpha value is -3.32. The van der Waals surface area contributed by atoms with Crippen LogP contribution in [-0.2, 0) is 11.2 Å². The number of imidazole rings is 1. The van der Waals surface area contributed by atoms with Crippen molar-refractivity contribution in [1.29, 1.82) is 0 Å². The van der Waals surface area contributed by atoms with E-state index < -0.39 is 0 Å². The maximum Gasteiger partial charge on any atom is 0.225 e. The van der Waals surface area contributed by atoms with E-state index in [1.807, 2.05) is 18.5 Å². The summed E-state index contributed by atoms with van der Waals surface area (Å²) in [5.41, 5.74) is 4.98. The molecule has 0 bridgehead atoms. The molecule has 5 heterocycles. The molecule has 1 fully saturated rings. The van der Waals surface area contributed by atoms with Gasteiger partial charge in [-0.2, -0.15) is 0 Å². The fraction of sp³-hybridized carbons (Fsp3) is 0.304. The fourth-order valence-corrected chi connectivity index (χ4v) is 4.45. The first-order chi connectivity index (χ1) is 14.9. The normalized spacial score (nSPS) is 18.7. The lowest BCUT2D eigenvalue weighted by Crippen LogP contribution is -2.37. The molecule has 2 aliphatic heterocycles. The SMILES string of the molecule is c1ccc(C2CCc3nc4ccc(-c5cnc(N6CCOCC6)nc5)nc4n32)cc1. The van der Waals surface area contributed by atoms with E-state index in [2.05, 4.69) is 55.8 Å². The van der Waals surface area contributed by atoms with Gasteiger partial charge in [-0.15, -0.1) is 0 Å². The van der Waals surface area contributed by atoms with Gasteiger partial charge in [-0.3, -0.25) is 0 Å². The smallest absolute Gasteiger partial charge is 0.225 e. The maximum atomic E-state index is 5.41. The van der Waals surface area contributed by atoms with Crippen molar-refractivity contribution in [3.63, 3.8) is 0 Å². The zero-order chi connectivity index (χ0) is 19.9. The number of hydrogen-bond acceptors (Lipinski definition) is 6. The van der Waals surface area contributed by atoms with Gasteiger partial charge in [0.1, 0.15) is 11.3 Å². The van der Waals surface area contributed by atoms with Crippen LogP contribution in [0.4, 0.5) is 5.95 Å². The van der Waals surface area contributed by atoms with Crippen molar-refractivity contribution >= 4 is 17.1 Å². The van der Waals surface area contributed by atoms with Crippen molar-refractivity contribution in [3.8, 4) is 11.3 Å². The van der Waals surface area contributed by atoms with Gasteiger partial charge in [-0.05, 0) is 24.1 Å². The number of pyridine rings is 1. The van der Waals surface area contributed by atoms with Crippen LogP contribution >= 0.6 is 0 Å². The lowest BCUT2D eigenvalue weighted by molar-refractivity contribution is 0.122. The minimum absolute atomic E-state index is 0.286. The maximum absolute atomic E-state index is 5.41. The first-order valence-corrected chi connectivity index (χ1v) is 10.4. The van der Waals surface area contributed by atoms with Crippen LogP contribution in [0.2, 0.25) is 0 Å². The molecule has 1 saturated heterocycles. The third-order valence-corrected chi connectivity index (χ3v) is 5.98. The largest absolute Gasteiger partial charge is 0.378 e. The van der Waals surface area contributed by atoms with E-state index >= 15 is 0 Å². The third-order valence-electron chi connectivity index (χ3n) is 5.98. The van der Waals surface area contributed by atoms with Crippen LogP contribution in [-0.4, -0.2) is 50.8 Å². The zero-order valence-corrected chi connectivity index (χ0v) is 16.6. The van der Waals surface area contributed by atoms with Crippen molar-refractivity contribution in [2.24, 2.45) is 0 Å². The molecule has 30 heavy (non-hydrogen) atoms. The van der Waals surface area contributed by atoms with Gasteiger partial charge in [0.05, 0.1) is 24.9 Å². The predicted molar refractivity (Wildman–Crippen MR) is 114 cm³/mol. The van der Waals surface area contributed by atoms with E-state index in [9.17, 15) is 0 Å². The molecule has 3 aromatic heterocycles. The Morgan fingerprint density at radius 3 is 2.50 bits per heavy atom. The minimum Gasteiger partial charge on any atom is -0.378 e. The van der Waals surface area contributed by atoms with Gasteiger partial charge >= 0.3 is 0 Å². The van der Waals surface area contributed by atoms with Gasteiger partial charge in [-0.25, -0.2) is 19.9 Å². The summed E-state index contributed by atoms with van der Waals surface area (Å²) in [6.07, 6.45) is 5.76. The Labute approximate surface area is 174 Å². The van der Waals surface area contributed by atoms with E-state index in [0.29, 0.717) is 0 Å². The summed E-state index contributed by atoms with van der Waals surface area (Å²) in [6, 6.07) is 15.0. The van der Waals surface area contributed by atoms with Crippen molar-refractivity contribution in [3.05, 3.63) is 66.2 Å². The summed E-state index contributed by atoms with van der Waals surface area (Å²) in [5.74, 6) is 1.86. The number of ether oxygens (including phenoxy) is 1. The molecule has 0 amide bonds. The first kappa shape index (κ1) is 17.5. The minimum atomic E-state index is 0.286. The Kier molecular flexibility index (Phi) is 4.19. The molecule has 0 radical (unpaired) electrons. The van der Waals surface area contributed by atoms with Crippen LogP contribution in [0.3, 0.4) is 0 Å². The van der Waals surface area contributed by atoms with Gasteiger partial charge in [-0.1, -0.05) is 30.3 Å². The number of benzene rings is 1. The molecule has 1 atom stereocenters. The van der Waals surface area contributed by atoms with E-state index in [1.54, 1.807) is 0 Å². The molecule has 4 aromatic rings. The molecular weight excluding hydrogens is 376 g/mol. The Balaban J connectivity index is 1.36. The fourth-order valence-electron chi connectivity index (χ4n) is 4.45. The highest BCUT2D eigenvalue weighted by molar-refractivity contribution is 5.76. The van der Waals surface area contributed by atoms with Crippen molar-refractivity contribution in [2.45, 2.75) is 18.9 Å². The van der Waals surface area contributed by atoms with Crippen molar-refractivity contribution < 1.29 is 4.74 Å². The number of hydrogen-bond donors (Lipinski definition) is 0. The van der Waals surface area contributed by atoms with Crippen LogP contribution in [0.5, 0.6) is 0 Å². The number of aryl methyl sites for hydroxylation is 1. The summed E-state index contributed by atoms with van der Waals surface area (Å²) in [6.45, 7) is 3.09. The molecule has 150 valence electrons. The van der Waals surface area contributed by atoms with Gasteiger partial charge < -0.3 is 14.2 Å². The second-order valence-electron chi connectivity index (χ2n) is 7.77. The molecule has 0 aliphatic carbocycles. The molecule has 1 unspecified atom stereocenters. The highest BCUT2D eigenvalue weighted by atomic mass is 16.5. The van der Waals surface area contributed by atoms with Crippen LogP contribution in [0, 0.1) is 0 Å². The highest BCUT2D eigenvalue weighted by Crippen LogP contribution is 2.35. The molecule has 2 aliphatic rings. The lowest BCUT2D eigenvalue weighted by Gasteiger charge is -2.26.